The maximum absolute atomic E-state index is 13.0. The van der Waals surface area contributed by atoms with E-state index in [0.717, 1.165) is 62.8 Å². The quantitative estimate of drug-likeness (QED) is 0.819. The largest absolute Gasteiger partial charge is 0.342 e. The summed E-state index contributed by atoms with van der Waals surface area (Å²) in [6.45, 7) is 2.28. The van der Waals surface area contributed by atoms with Crippen molar-refractivity contribution in [3.8, 4) is 0 Å². The molecule has 0 bridgehead atoms. The lowest BCUT2D eigenvalue weighted by atomic mass is 9.83. The number of piperidine rings is 2. The molecule has 2 heterocycles. The average molecular weight is 370 g/mol. The fourth-order valence-electron chi connectivity index (χ4n) is 4.82. The fourth-order valence-corrected chi connectivity index (χ4v) is 4.82. The van der Waals surface area contributed by atoms with Gasteiger partial charge in [0.2, 0.25) is 11.8 Å². The van der Waals surface area contributed by atoms with E-state index in [1.54, 1.807) is 12.1 Å². The molecule has 2 aliphatic heterocycles. The highest BCUT2D eigenvalue weighted by molar-refractivity contribution is 5.94. The van der Waals surface area contributed by atoms with Gasteiger partial charge < -0.3 is 9.80 Å². The summed E-state index contributed by atoms with van der Waals surface area (Å²) in [6.07, 6.45) is 8.39. The summed E-state index contributed by atoms with van der Waals surface area (Å²) in [4.78, 5) is 29.6. The van der Waals surface area contributed by atoms with Gasteiger partial charge in [-0.3, -0.25) is 9.59 Å². The summed E-state index contributed by atoms with van der Waals surface area (Å²) in [5.74, 6) is 0.419. The zero-order chi connectivity index (χ0) is 18.8. The first kappa shape index (κ1) is 18.2. The van der Waals surface area contributed by atoms with Crippen molar-refractivity contribution in [1.29, 1.82) is 0 Å². The number of hydrogen-bond acceptors (Lipinski definition) is 2. The Bertz CT molecular complexity index is 743. The van der Waals surface area contributed by atoms with Gasteiger partial charge in [-0.15, -0.1) is 0 Å². The molecule has 0 radical (unpaired) electrons. The van der Waals surface area contributed by atoms with E-state index in [-0.39, 0.29) is 23.7 Å². The van der Waals surface area contributed by atoms with Crippen molar-refractivity contribution in [2.45, 2.75) is 51.0 Å². The van der Waals surface area contributed by atoms with Crippen LogP contribution in [0.15, 0.2) is 35.9 Å². The van der Waals surface area contributed by atoms with Crippen molar-refractivity contribution in [3.05, 3.63) is 47.3 Å². The van der Waals surface area contributed by atoms with E-state index in [1.165, 1.54) is 12.1 Å². The zero-order valence-electron chi connectivity index (χ0n) is 15.7. The molecule has 2 amide bonds. The highest BCUT2D eigenvalue weighted by atomic mass is 19.1. The number of hydrogen-bond donors (Lipinski definition) is 0. The van der Waals surface area contributed by atoms with Gasteiger partial charge in [0.15, 0.2) is 0 Å². The van der Waals surface area contributed by atoms with Gasteiger partial charge in [0, 0.05) is 31.2 Å². The number of nitrogens with zero attached hydrogens (tertiary/aromatic N) is 2. The molecule has 1 aliphatic carbocycles. The molecule has 1 aromatic rings. The number of allylic oxidation sites excluding steroid dienone is 1. The minimum atomic E-state index is -0.281. The third-order valence-corrected chi connectivity index (χ3v) is 6.27. The number of likely N-dealkylation sites (tertiary alicyclic amines) is 2. The van der Waals surface area contributed by atoms with E-state index in [9.17, 15) is 14.0 Å². The van der Waals surface area contributed by atoms with Crippen molar-refractivity contribution < 1.29 is 14.0 Å². The Labute approximate surface area is 160 Å². The van der Waals surface area contributed by atoms with Crippen molar-refractivity contribution in [2.75, 3.05) is 19.6 Å². The zero-order valence-corrected chi connectivity index (χ0v) is 15.7. The Balaban J connectivity index is 1.38. The summed E-state index contributed by atoms with van der Waals surface area (Å²) in [7, 11) is 0. The second-order valence-corrected chi connectivity index (χ2v) is 8.02. The van der Waals surface area contributed by atoms with Gasteiger partial charge in [-0.1, -0.05) is 18.2 Å². The summed E-state index contributed by atoms with van der Waals surface area (Å²) in [5, 5.41) is 0. The first-order valence-corrected chi connectivity index (χ1v) is 10.1. The Morgan fingerprint density at radius 2 is 1.89 bits per heavy atom. The Morgan fingerprint density at radius 1 is 1.07 bits per heavy atom. The normalized spacial score (nSPS) is 25.1. The maximum Gasteiger partial charge on any atom is 0.249 e. The monoisotopic (exact) mass is 370 g/mol. The number of fused-ring (bicyclic) bond motifs is 1. The summed E-state index contributed by atoms with van der Waals surface area (Å²) in [5.41, 5.74) is 1.84. The third-order valence-electron chi connectivity index (χ3n) is 6.27. The summed E-state index contributed by atoms with van der Waals surface area (Å²) < 4.78 is 13.0. The lowest BCUT2D eigenvalue weighted by Crippen LogP contribution is -2.57. The highest BCUT2D eigenvalue weighted by Gasteiger charge is 2.39. The van der Waals surface area contributed by atoms with Crippen LogP contribution in [0, 0.1) is 11.7 Å². The van der Waals surface area contributed by atoms with E-state index in [4.69, 9.17) is 0 Å². The molecule has 4 rings (SSSR count). The van der Waals surface area contributed by atoms with Gasteiger partial charge in [-0.2, -0.15) is 0 Å². The molecule has 2 fully saturated rings. The van der Waals surface area contributed by atoms with Gasteiger partial charge in [0.1, 0.15) is 5.82 Å². The number of rotatable bonds is 3. The predicted molar refractivity (Wildman–Crippen MR) is 101 cm³/mol. The highest BCUT2D eigenvalue weighted by Crippen LogP contribution is 2.33. The SMILES string of the molecule is O=C(Cc1ccc(F)cc1)N1CC[C@@H]2[C@H](CCCN2C(=O)C2=CCCC2)C1. The first-order valence-electron chi connectivity index (χ1n) is 10.1. The Kier molecular flexibility index (Phi) is 5.28. The van der Waals surface area contributed by atoms with Crippen LogP contribution in [0.2, 0.25) is 0 Å². The fraction of sp³-hybridized carbons (Fsp3) is 0.545. The Morgan fingerprint density at radius 3 is 2.63 bits per heavy atom. The minimum absolute atomic E-state index is 0.0991. The van der Waals surface area contributed by atoms with Crippen LogP contribution in [0.5, 0.6) is 0 Å². The second-order valence-electron chi connectivity index (χ2n) is 8.02. The van der Waals surface area contributed by atoms with Crippen molar-refractivity contribution in [2.24, 2.45) is 5.92 Å². The van der Waals surface area contributed by atoms with E-state index < -0.39 is 0 Å². The average Bonchev–Trinajstić information content (AvgIpc) is 3.23. The molecular weight excluding hydrogens is 343 g/mol. The molecule has 0 unspecified atom stereocenters. The molecule has 0 N–H and O–H groups in total. The van der Waals surface area contributed by atoms with Gasteiger partial charge >= 0.3 is 0 Å². The molecule has 2 saturated heterocycles. The number of halogens is 1. The van der Waals surface area contributed by atoms with E-state index in [0.29, 0.717) is 18.9 Å². The van der Waals surface area contributed by atoms with E-state index >= 15 is 0 Å². The van der Waals surface area contributed by atoms with Gasteiger partial charge in [0.25, 0.3) is 0 Å². The molecule has 0 spiro atoms. The number of benzene rings is 1. The van der Waals surface area contributed by atoms with Crippen LogP contribution in [-0.4, -0.2) is 47.3 Å². The van der Waals surface area contributed by atoms with Crippen molar-refractivity contribution >= 4 is 11.8 Å². The number of amides is 2. The summed E-state index contributed by atoms with van der Waals surface area (Å²) >= 11 is 0. The third kappa shape index (κ3) is 3.92. The lowest BCUT2D eigenvalue weighted by Gasteiger charge is -2.47. The van der Waals surface area contributed by atoms with Crippen LogP contribution in [0.3, 0.4) is 0 Å². The predicted octanol–water partition coefficient (Wildman–Crippen LogP) is 3.32. The van der Waals surface area contributed by atoms with Crippen molar-refractivity contribution in [1.82, 2.24) is 9.80 Å². The molecule has 144 valence electrons. The van der Waals surface area contributed by atoms with Gasteiger partial charge in [-0.25, -0.2) is 4.39 Å². The van der Waals surface area contributed by atoms with Crippen LogP contribution in [0.1, 0.15) is 44.1 Å². The summed E-state index contributed by atoms with van der Waals surface area (Å²) in [6, 6.07) is 6.42. The minimum Gasteiger partial charge on any atom is -0.342 e. The lowest BCUT2D eigenvalue weighted by molar-refractivity contribution is -0.139. The standard InChI is InChI=1S/C22H27FN2O2/c23-19-9-7-16(8-10-19)14-21(26)24-13-11-20-18(15-24)6-3-12-25(20)22(27)17-4-1-2-5-17/h4,7-10,18,20H,1-3,5-6,11-15H2/t18-,20-/m1/s1. The van der Waals surface area contributed by atoms with Gasteiger partial charge in [-0.05, 0) is 62.1 Å². The van der Waals surface area contributed by atoms with Crippen LogP contribution in [0.25, 0.3) is 0 Å². The van der Waals surface area contributed by atoms with Crippen LogP contribution in [-0.2, 0) is 16.0 Å². The van der Waals surface area contributed by atoms with Crippen LogP contribution in [0.4, 0.5) is 4.39 Å². The Hall–Kier alpha value is -2.17. The van der Waals surface area contributed by atoms with Gasteiger partial charge in [0.05, 0.1) is 6.42 Å². The molecule has 5 heteroatoms. The molecule has 3 aliphatic rings. The van der Waals surface area contributed by atoms with E-state index in [2.05, 4.69) is 11.0 Å². The smallest absolute Gasteiger partial charge is 0.249 e. The molecule has 2 atom stereocenters. The van der Waals surface area contributed by atoms with Crippen molar-refractivity contribution in [3.63, 3.8) is 0 Å². The molecule has 0 aromatic heterocycles. The molecule has 0 saturated carbocycles. The maximum atomic E-state index is 13.0. The second kappa shape index (κ2) is 7.83. The molecular formula is C22H27FN2O2. The first-order chi connectivity index (χ1) is 13.1. The molecule has 4 nitrogen and oxygen atoms in total. The number of carbonyl (C=O) groups excluding carboxylic acids is 2. The molecule has 1 aromatic carbocycles. The molecule has 27 heavy (non-hydrogen) atoms. The van der Waals surface area contributed by atoms with Crippen LogP contribution >= 0.6 is 0 Å². The van der Waals surface area contributed by atoms with E-state index in [1.807, 2.05) is 4.90 Å². The topological polar surface area (TPSA) is 40.6 Å². The van der Waals surface area contributed by atoms with Crippen LogP contribution < -0.4 is 0 Å². The number of carbonyl (C=O) groups is 2.